The number of ether oxygens (including phenoxy) is 2. The van der Waals surface area contributed by atoms with E-state index in [2.05, 4.69) is 15.5 Å². The van der Waals surface area contributed by atoms with Crippen LogP contribution in [0.3, 0.4) is 0 Å². The Kier molecular flexibility index (Phi) is 4.25. The summed E-state index contributed by atoms with van der Waals surface area (Å²) in [5, 5.41) is 9.37. The van der Waals surface area contributed by atoms with Crippen LogP contribution in [0.4, 0.5) is 16.3 Å². The van der Waals surface area contributed by atoms with Gasteiger partial charge in [-0.1, -0.05) is 0 Å². The molecule has 1 aromatic carbocycles. The summed E-state index contributed by atoms with van der Waals surface area (Å²) >= 11 is 0. The number of amides is 1. The van der Waals surface area contributed by atoms with Crippen LogP contribution < -0.4 is 15.8 Å². The molecule has 0 aliphatic rings. The molecule has 118 valence electrons. The summed E-state index contributed by atoms with van der Waals surface area (Å²) in [7, 11) is 1.55. The lowest BCUT2D eigenvalue weighted by Crippen LogP contribution is -2.27. The van der Waals surface area contributed by atoms with E-state index in [0.29, 0.717) is 17.3 Å². The first-order chi connectivity index (χ1) is 10.3. The molecule has 7 nitrogen and oxygen atoms in total. The molecule has 0 bridgehead atoms. The number of aromatic amines is 1. The van der Waals surface area contributed by atoms with E-state index in [1.165, 1.54) is 0 Å². The molecule has 0 atom stereocenters. The summed E-state index contributed by atoms with van der Waals surface area (Å²) in [6.45, 7) is 5.41. The molecule has 0 fully saturated rings. The molecule has 0 saturated carbocycles. The van der Waals surface area contributed by atoms with Gasteiger partial charge >= 0.3 is 6.09 Å². The highest BCUT2D eigenvalue weighted by Crippen LogP contribution is 2.32. The molecule has 1 heterocycles. The van der Waals surface area contributed by atoms with Gasteiger partial charge in [-0.15, -0.1) is 0 Å². The van der Waals surface area contributed by atoms with Crippen LogP contribution in [0.5, 0.6) is 5.75 Å². The van der Waals surface area contributed by atoms with E-state index in [-0.39, 0.29) is 0 Å². The van der Waals surface area contributed by atoms with Crippen molar-refractivity contribution in [3.05, 3.63) is 24.3 Å². The second kappa shape index (κ2) is 5.97. The fourth-order valence-corrected chi connectivity index (χ4v) is 1.89. The zero-order valence-electron chi connectivity index (χ0n) is 13.1. The van der Waals surface area contributed by atoms with E-state index in [1.807, 2.05) is 0 Å². The summed E-state index contributed by atoms with van der Waals surface area (Å²) in [4.78, 5) is 11.8. The average Bonchev–Trinajstić information content (AvgIpc) is 2.82. The Bertz CT molecular complexity index is 674. The summed E-state index contributed by atoms with van der Waals surface area (Å²) in [6.07, 6.45) is -0.520. The molecule has 0 radical (unpaired) electrons. The van der Waals surface area contributed by atoms with Gasteiger partial charge in [0.15, 0.2) is 0 Å². The first-order valence-corrected chi connectivity index (χ1v) is 6.78. The zero-order valence-corrected chi connectivity index (χ0v) is 13.1. The maximum absolute atomic E-state index is 11.8. The van der Waals surface area contributed by atoms with Gasteiger partial charge in [-0.3, -0.25) is 10.4 Å². The first-order valence-electron chi connectivity index (χ1n) is 6.78. The Balaban J connectivity index is 2.21. The van der Waals surface area contributed by atoms with Crippen molar-refractivity contribution in [1.82, 2.24) is 10.2 Å². The molecular formula is C15H20N4O3. The van der Waals surface area contributed by atoms with Gasteiger partial charge in [-0.05, 0) is 32.9 Å². The molecule has 1 amide bonds. The van der Waals surface area contributed by atoms with Crippen molar-refractivity contribution >= 4 is 17.6 Å². The third-order valence-corrected chi connectivity index (χ3v) is 2.73. The number of anilines is 2. The van der Waals surface area contributed by atoms with Crippen LogP contribution in [0.1, 0.15) is 20.8 Å². The number of nitrogen functional groups attached to an aromatic ring is 1. The summed E-state index contributed by atoms with van der Waals surface area (Å²) in [6, 6.07) is 6.96. The molecule has 0 saturated heterocycles. The number of nitrogens with one attached hydrogen (secondary N) is 2. The van der Waals surface area contributed by atoms with Gasteiger partial charge in [0, 0.05) is 23.4 Å². The molecule has 0 unspecified atom stereocenters. The van der Waals surface area contributed by atoms with Crippen LogP contribution >= 0.6 is 0 Å². The van der Waals surface area contributed by atoms with Crippen LogP contribution in [-0.4, -0.2) is 29.0 Å². The normalized spacial score (nSPS) is 11.1. The third-order valence-electron chi connectivity index (χ3n) is 2.73. The number of nitrogens with two attached hydrogens (primary N) is 1. The predicted octanol–water partition coefficient (Wildman–Crippen LogP) is 3.01. The topological polar surface area (TPSA) is 102 Å². The fourth-order valence-electron chi connectivity index (χ4n) is 1.89. The van der Waals surface area contributed by atoms with Crippen molar-refractivity contribution < 1.29 is 14.3 Å². The van der Waals surface area contributed by atoms with Crippen molar-refractivity contribution in [3.8, 4) is 17.0 Å². The summed E-state index contributed by atoms with van der Waals surface area (Å²) in [5.74, 6) is 0.977. The first kappa shape index (κ1) is 15.7. The minimum Gasteiger partial charge on any atom is -0.496 e. The monoisotopic (exact) mass is 304 g/mol. The van der Waals surface area contributed by atoms with Crippen LogP contribution in [0, 0.1) is 0 Å². The number of carbonyl (C=O) groups is 1. The van der Waals surface area contributed by atoms with Crippen LogP contribution in [0.25, 0.3) is 11.3 Å². The molecule has 1 aromatic heterocycles. The molecule has 4 N–H and O–H groups in total. The Hall–Kier alpha value is -2.70. The standard InChI is InChI=1S/C15H20N4O3/c1-15(2,3)22-14(20)17-9-5-6-10(12(7-9)21-4)11-8-13(16)19-18-11/h5-8H,1-4H3,(H,17,20)(H3,16,18,19). The number of hydrogen-bond donors (Lipinski definition) is 3. The number of benzene rings is 1. The molecule has 0 spiro atoms. The van der Waals surface area contributed by atoms with E-state index < -0.39 is 11.7 Å². The smallest absolute Gasteiger partial charge is 0.412 e. The van der Waals surface area contributed by atoms with E-state index >= 15 is 0 Å². The Morgan fingerprint density at radius 2 is 2.05 bits per heavy atom. The third kappa shape index (κ3) is 3.91. The van der Waals surface area contributed by atoms with Gasteiger partial charge in [0.2, 0.25) is 0 Å². The van der Waals surface area contributed by atoms with E-state index in [9.17, 15) is 4.79 Å². The number of aromatic nitrogens is 2. The van der Waals surface area contributed by atoms with Crippen LogP contribution in [0.2, 0.25) is 0 Å². The number of methoxy groups -OCH3 is 1. The number of H-pyrrole nitrogens is 1. The summed E-state index contributed by atoms with van der Waals surface area (Å²) < 4.78 is 10.6. The molecule has 7 heteroatoms. The van der Waals surface area contributed by atoms with Gasteiger partial charge in [0.25, 0.3) is 0 Å². The molecule has 0 aliphatic carbocycles. The highest BCUT2D eigenvalue weighted by molar-refractivity contribution is 5.86. The fraction of sp³-hybridized carbons (Fsp3) is 0.333. The lowest BCUT2D eigenvalue weighted by Gasteiger charge is -2.20. The lowest BCUT2D eigenvalue weighted by molar-refractivity contribution is 0.0636. The largest absolute Gasteiger partial charge is 0.496 e. The molecule has 22 heavy (non-hydrogen) atoms. The SMILES string of the molecule is COc1cc(NC(=O)OC(C)(C)C)ccc1-c1cc(N)n[nH]1. The molecule has 2 aromatic rings. The minimum atomic E-state index is -0.554. The van der Waals surface area contributed by atoms with Crippen molar-refractivity contribution in [2.24, 2.45) is 0 Å². The summed E-state index contributed by atoms with van der Waals surface area (Å²) in [5.41, 5.74) is 7.15. The van der Waals surface area contributed by atoms with E-state index in [0.717, 1.165) is 11.3 Å². The second-order valence-corrected chi connectivity index (χ2v) is 5.75. The maximum Gasteiger partial charge on any atom is 0.412 e. The molecule has 2 rings (SSSR count). The quantitative estimate of drug-likeness (QED) is 0.809. The zero-order chi connectivity index (χ0) is 16.3. The number of hydrogen-bond acceptors (Lipinski definition) is 5. The van der Waals surface area contributed by atoms with E-state index in [4.69, 9.17) is 15.2 Å². The minimum absolute atomic E-state index is 0.396. The van der Waals surface area contributed by atoms with Crippen molar-refractivity contribution in [2.75, 3.05) is 18.2 Å². The van der Waals surface area contributed by atoms with Crippen molar-refractivity contribution in [2.45, 2.75) is 26.4 Å². The van der Waals surface area contributed by atoms with E-state index in [1.54, 1.807) is 52.1 Å². The van der Waals surface area contributed by atoms with Gasteiger partial charge in [0.05, 0.1) is 12.8 Å². The number of carbonyl (C=O) groups excluding carboxylic acids is 1. The van der Waals surface area contributed by atoms with Crippen LogP contribution in [-0.2, 0) is 4.74 Å². The average molecular weight is 304 g/mol. The number of rotatable bonds is 3. The maximum atomic E-state index is 11.8. The Morgan fingerprint density at radius 1 is 1.32 bits per heavy atom. The van der Waals surface area contributed by atoms with Gasteiger partial charge < -0.3 is 15.2 Å². The highest BCUT2D eigenvalue weighted by Gasteiger charge is 2.17. The Labute approximate surface area is 128 Å². The van der Waals surface area contributed by atoms with Gasteiger partial charge in [-0.25, -0.2) is 4.79 Å². The number of nitrogens with zero attached hydrogens (tertiary/aromatic N) is 1. The lowest BCUT2D eigenvalue weighted by atomic mass is 10.1. The second-order valence-electron chi connectivity index (χ2n) is 5.75. The predicted molar refractivity (Wildman–Crippen MR) is 84.8 cm³/mol. The van der Waals surface area contributed by atoms with Gasteiger partial charge in [0.1, 0.15) is 17.2 Å². The molecule has 0 aliphatic heterocycles. The van der Waals surface area contributed by atoms with Crippen LogP contribution in [0.15, 0.2) is 24.3 Å². The van der Waals surface area contributed by atoms with Gasteiger partial charge in [-0.2, -0.15) is 5.10 Å². The highest BCUT2D eigenvalue weighted by atomic mass is 16.6. The molecular weight excluding hydrogens is 284 g/mol. The van der Waals surface area contributed by atoms with Crippen molar-refractivity contribution in [3.63, 3.8) is 0 Å². The van der Waals surface area contributed by atoms with Crippen molar-refractivity contribution in [1.29, 1.82) is 0 Å². The Morgan fingerprint density at radius 3 is 2.59 bits per heavy atom.